The van der Waals surface area contributed by atoms with Gasteiger partial charge in [0.05, 0.1) is 0 Å². The number of nitrogens with zero attached hydrogens (tertiary/aromatic N) is 4. The number of fused-ring (bicyclic) bond motifs is 1. The Labute approximate surface area is 225 Å². The summed E-state index contributed by atoms with van der Waals surface area (Å²) in [6.45, 7) is 13.0. The number of anilines is 1. The van der Waals surface area contributed by atoms with Gasteiger partial charge in [-0.25, -0.2) is 9.59 Å². The van der Waals surface area contributed by atoms with Gasteiger partial charge in [0.25, 0.3) is 0 Å². The predicted molar refractivity (Wildman–Crippen MR) is 147 cm³/mol. The van der Waals surface area contributed by atoms with Gasteiger partial charge in [-0.05, 0) is 83.1 Å². The normalized spacial score (nSPS) is 20.7. The van der Waals surface area contributed by atoms with E-state index in [0.29, 0.717) is 24.9 Å². The fourth-order valence-corrected chi connectivity index (χ4v) is 6.15. The summed E-state index contributed by atoms with van der Waals surface area (Å²) >= 11 is 0. The second-order valence-corrected chi connectivity index (χ2v) is 12.1. The van der Waals surface area contributed by atoms with Crippen molar-refractivity contribution in [1.29, 1.82) is 0 Å². The van der Waals surface area contributed by atoms with E-state index in [9.17, 15) is 14.4 Å². The van der Waals surface area contributed by atoms with Gasteiger partial charge in [0.15, 0.2) is 0 Å². The number of nitrogens with one attached hydrogen (secondary N) is 1. The maximum Gasteiger partial charge on any atom is 0.410 e. The van der Waals surface area contributed by atoms with Gasteiger partial charge in [-0.1, -0.05) is 0 Å². The molecule has 206 valence electrons. The van der Waals surface area contributed by atoms with Crippen molar-refractivity contribution in [3.05, 3.63) is 30.0 Å². The lowest BCUT2D eigenvalue weighted by Gasteiger charge is -2.38. The maximum absolute atomic E-state index is 12.4. The van der Waals surface area contributed by atoms with Crippen LogP contribution in [-0.4, -0.2) is 77.3 Å². The second kappa shape index (κ2) is 10.6. The molecule has 5 rings (SSSR count). The average molecular weight is 524 g/mol. The number of hydrogen-bond donors (Lipinski definition) is 1. The minimum absolute atomic E-state index is 0.188. The third-order valence-corrected chi connectivity index (χ3v) is 8.22. The molecule has 0 aliphatic carbocycles. The van der Waals surface area contributed by atoms with E-state index in [0.717, 1.165) is 75.0 Å². The average Bonchev–Trinajstić information content (AvgIpc) is 3.30. The van der Waals surface area contributed by atoms with E-state index in [-0.39, 0.29) is 18.0 Å². The highest BCUT2D eigenvalue weighted by atomic mass is 16.6. The van der Waals surface area contributed by atoms with E-state index < -0.39 is 5.60 Å². The number of carbonyl (C=O) groups excluding carboxylic acids is 3. The summed E-state index contributed by atoms with van der Waals surface area (Å²) < 4.78 is 7.94. The lowest BCUT2D eigenvalue weighted by molar-refractivity contribution is -0.120. The van der Waals surface area contributed by atoms with Crippen LogP contribution in [0.15, 0.2) is 24.4 Å². The van der Waals surface area contributed by atoms with Crippen LogP contribution in [0.2, 0.25) is 0 Å². The lowest BCUT2D eigenvalue weighted by Crippen LogP contribution is -2.49. The number of carbonyl (C=O) groups is 3. The number of amides is 4. The van der Waals surface area contributed by atoms with Crippen molar-refractivity contribution in [2.24, 2.45) is 5.92 Å². The van der Waals surface area contributed by atoms with Crippen LogP contribution >= 0.6 is 0 Å². The summed E-state index contributed by atoms with van der Waals surface area (Å²) in [6, 6.07) is 6.41. The van der Waals surface area contributed by atoms with Crippen LogP contribution in [0, 0.1) is 12.8 Å². The van der Waals surface area contributed by atoms with Crippen molar-refractivity contribution in [2.45, 2.75) is 71.4 Å². The Morgan fingerprint density at radius 3 is 2.37 bits per heavy atom. The molecule has 3 aliphatic rings. The highest BCUT2D eigenvalue weighted by molar-refractivity contribution is 6.07. The van der Waals surface area contributed by atoms with Crippen LogP contribution in [-0.2, 0) is 9.53 Å². The zero-order valence-corrected chi connectivity index (χ0v) is 23.2. The van der Waals surface area contributed by atoms with Crippen molar-refractivity contribution in [2.75, 3.05) is 44.2 Å². The number of ether oxygens (including phenoxy) is 1. The van der Waals surface area contributed by atoms with E-state index in [1.54, 1.807) is 4.90 Å². The Balaban J connectivity index is 1.15. The molecule has 0 atom stereocenters. The molecule has 38 heavy (non-hydrogen) atoms. The summed E-state index contributed by atoms with van der Waals surface area (Å²) in [7, 11) is 0. The molecule has 0 unspecified atom stereocenters. The van der Waals surface area contributed by atoms with Gasteiger partial charge in [-0.3, -0.25) is 15.0 Å². The molecular weight excluding hydrogens is 482 g/mol. The third kappa shape index (κ3) is 5.67. The molecule has 3 fully saturated rings. The van der Waals surface area contributed by atoms with Crippen LogP contribution in [0.25, 0.3) is 10.9 Å². The van der Waals surface area contributed by atoms with Crippen LogP contribution in [0.4, 0.5) is 15.3 Å². The molecule has 0 radical (unpaired) electrons. The van der Waals surface area contributed by atoms with Crippen molar-refractivity contribution in [3.8, 4) is 0 Å². The van der Waals surface area contributed by atoms with E-state index in [1.807, 2.05) is 31.7 Å². The van der Waals surface area contributed by atoms with Crippen molar-refractivity contribution in [1.82, 2.24) is 19.7 Å². The van der Waals surface area contributed by atoms with Crippen molar-refractivity contribution < 1.29 is 19.1 Å². The molecule has 1 aromatic heterocycles. The predicted octanol–water partition coefficient (Wildman–Crippen LogP) is 4.68. The first kappa shape index (κ1) is 26.5. The molecule has 3 saturated heterocycles. The highest BCUT2D eigenvalue weighted by Gasteiger charge is 2.30. The zero-order valence-electron chi connectivity index (χ0n) is 23.2. The highest BCUT2D eigenvalue weighted by Crippen LogP contribution is 2.34. The molecule has 0 saturated carbocycles. The summed E-state index contributed by atoms with van der Waals surface area (Å²) in [5.74, 6) is 0.412. The maximum atomic E-state index is 12.4. The van der Waals surface area contributed by atoms with Gasteiger partial charge in [0.1, 0.15) is 5.60 Å². The van der Waals surface area contributed by atoms with E-state index in [4.69, 9.17) is 4.74 Å². The number of imide groups is 1. The topological polar surface area (TPSA) is 87.1 Å². The van der Waals surface area contributed by atoms with Crippen molar-refractivity contribution >= 4 is 34.6 Å². The first-order valence-corrected chi connectivity index (χ1v) is 14.0. The Morgan fingerprint density at radius 2 is 1.71 bits per heavy atom. The lowest BCUT2D eigenvalue weighted by atomic mass is 9.95. The summed E-state index contributed by atoms with van der Waals surface area (Å²) in [5, 5.41) is 3.58. The van der Waals surface area contributed by atoms with Crippen LogP contribution in [0.3, 0.4) is 0 Å². The third-order valence-electron chi connectivity index (χ3n) is 8.22. The monoisotopic (exact) mass is 523 g/mol. The van der Waals surface area contributed by atoms with E-state index >= 15 is 0 Å². The minimum Gasteiger partial charge on any atom is -0.444 e. The summed E-state index contributed by atoms with van der Waals surface area (Å²) in [5.41, 5.74) is 2.69. The Kier molecular flexibility index (Phi) is 7.40. The Hall–Kier alpha value is -3.07. The number of urea groups is 1. The number of aryl methyl sites for hydroxylation is 1. The van der Waals surface area contributed by atoms with E-state index in [1.165, 1.54) is 5.52 Å². The molecular formula is C29H41N5O4. The van der Waals surface area contributed by atoms with Gasteiger partial charge in [0.2, 0.25) is 5.91 Å². The molecule has 4 heterocycles. The van der Waals surface area contributed by atoms with Crippen LogP contribution in [0.5, 0.6) is 0 Å². The van der Waals surface area contributed by atoms with Crippen LogP contribution in [0.1, 0.15) is 64.5 Å². The number of piperidine rings is 2. The minimum atomic E-state index is -0.449. The van der Waals surface area contributed by atoms with Gasteiger partial charge in [-0.2, -0.15) is 0 Å². The molecule has 0 spiro atoms. The first-order valence-electron chi connectivity index (χ1n) is 14.0. The van der Waals surface area contributed by atoms with Crippen molar-refractivity contribution in [3.63, 3.8) is 0 Å². The molecule has 9 nitrogen and oxygen atoms in total. The number of aromatic nitrogens is 1. The largest absolute Gasteiger partial charge is 0.444 e. The SMILES string of the molecule is Cc1c(N2CCC(=O)NC2=O)ccc2c1ccn2C1CCN(CC2CCN(C(=O)OC(C)(C)C)CC2)CC1. The number of likely N-dealkylation sites (tertiary alicyclic amines) is 2. The quantitative estimate of drug-likeness (QED) is 0.629. The van der Waals surface area contributed by atoms with Gasteiger partial charge in [0, 0.05) is 74.5 Å². The molecule has 0 bridgehead atoms. The molecule has 2 aromatic rings. The van der Waals surface area contributed by atoms with Gasteiger partial charge < -0.3 is 19.1 Å². The summed E-state index contributed by atoms with van der Waals surface area (Å²) in [6.07, 6.45) is 6.61. The van der Waals surface area contributed by atoms with Crippen LogP contribution < -0.4 is 10.2 Å². The molecule has 9 heteroatoms. The fourth-order valence-electron chi connectivity index (χ4n) is 6.15. The van der Waals surface area contributed by atoms with E-state index in [2.05, 4.69) is 40.0 Å². The number of rotatable bonds is 4. The smallest absolute Gasteiger partial charge is 0.410 e. The number of benzene rings is 1. The summed E-state index contributed by atoms with van der Waals surface area (Å²) in [4.78, 5) is 42.4. The molecule has 1 N–H and O–H groups in total. The van der Waals surface area contributed by atoms with Gasteiger partial charge in [-0.15, -0.1) is 0 Å². The zero-order chi connectivity index (χ0) is 27.0. The Bertz CT molecular complexity index is 1200. The molecule has 3 aliphatic heterocycles. The Morgan fingerprint density at radius 1 is 1.00 bits per heavy atom. The molecule has 4 amide bonds. The van der Waals surface area contributed by atoms with Gasteiger partial charge >= 0.3 is 12.1 Å². The second-order valence-electron chi connectivity index (χ2n) is 12.1. The number of hydrogen-bond acceptors (Lipinski definition) is 5. The fraction of sp³-hybridized carbons (Fsp3) is 0.621. The standard InChI is InChI=1S/C29H41N5O4/c1-20-23-11-17-33(25(23)6-5-24(20)34-18-12-26(35)30-27(34)36)22-9-13-31(14-10-22)19-21-7-15-32(16-8-21)28(37)38-29(2,3)4/h5-6,11,17,21-22H,7-10,12-16,18-19H2,1-4H3,(H,30,35,36). The molecule has 1 aromatic carbocycles. The first-order chi connectivity index (χ1) is 18.1.